The number of nitrogen functional groups attached to an aromatic ring is 1. The summed E-state index contributed by atoms with van der Waals surface area (Å²) in [5, 5.41) is 2.66. The smallest absolute Gasteiger partial charge is 0.251 e. The van der Waals surface area contributed by atoms with Crippen LogP contribution in [0.1, 0.15) is 10.4 Å². The summed E-state index contributed by atoms with van der Waals surface area (Å²) in [6.45, 7) is 3.97. The van der Waals surface area contributed by atoms with Gasteiger partial charge in [0.1, 0.15) is 0 Å². The summed E-state index contributed by atoms with van der Waals surface area (Å²) in [7, 11) is 0. The van der Waals surface area contributed by atoms with Gasteiger partial charge < -0.3 is 11.1 Å². The molecule has 1 aromatic carbocycles. The Balaban J connectivity index is 2.71. The van der Waals surface area contributed by atoms with Gasteiger partial charge in [-0.1, -0.05) is 12.1 Å². The van der Waals surface area contributed by atoms with Gasteiger partial charge in [0.15, 0.2) is 0 Å². The summed E-state index contributed by atoms with van der Waals surface area (Å²) in [4.78, 5) is 11.3. The Bertz CT molecular complexity index is 320. The first-order valence-corrected chi connectivity index (χ1v) is 3.98. The maximum Gasteiger partial charge on any atom is 0.251 e. The Morgan fingerprint density at radius 2 is 2.38 bits per heavy atom. The second-order valence-corrected chi connectivity index (χ2v) is 2.62. The van der Waals surface area contributed by atoms with E-state index in [-0.39, 0.29) is 5.91 Å². The molecule has 0 heterocycles. The van der Waals surface area contributed by atoms with Crippen LogP contribution in [0.25, 0.3) is 0 Å². The monoisotopic (exact) mass is 176 g/mol. The predicted octanol–water partition coefficient (Wildman–Crippen LogP) is 1.18. The number of amides is 1. The number of benzene rings is 1. The second kappa shape index (κ2) is 4.30. The average molecular weight is 176 g/mol. The van der Waals surface area contributed by atoms with E-state index in [0.717, 1.165) is 0 Å². The molecule has 0 atom stereocenters. The van der Waals surface area contributed by atoms with Gasteiger partial charge in [-0.3, -0.25) is 4.79 Å². The Morgan fingerprint density at radius 3 is 3.00 bits per heavy atom. The van der Waals surface area contributed by atoms with E-state index in [4.69, 9.17) is 5.73 Å². The van der Waals surface area contributed by atoms with Crippen molar-refractivity contribution in [1.29, 1.82) is 0 Å². The van der Waals surface area contributed by atoms with E-state index >= 15 is 0 Å². The number of hydrogen-bond donors (Lipinski definition) is 2. The van der Waals surface area contributed by atoms with Crippen LogP contribution in [0.4, 0.5) is 5.69 Å². The van der Waals surface area contributed by atoms with E-state index in [1.807, 2.05) is 0 Å². The zero-order valence-electron chi connectivity index (χ0n) is 7.29. The summed E-state index contributed by atoms with van der Waals surface area (Å²) in [6.07, 6.45) is 1.63. The lowest BCUT2D eigenvalue weighted by Gasteiger charge is -2.02. The van der Waals surface area contributed by atoms with E-state index in [9.17, 15) is 4.79 Å². The third-order valence-electron chi connectivity index (χ3n) is 1.56. The molecule has 1 amide bonds. The molecule has 0 fully saturated rings. The number of carbonyl (C=O) groups is 1. The summed E-state index contributed by atoms with van der Waals surface area (Å²) in [5.74, 6) is -0.132. The van der Waals surface area contributed by atoms with Crippen LogP contribution in [0.3, 0.4) is 0 Å². The van der Waals surface area contributed by atoms with Gasteiger partial charge in [-0.05, 0) is 18.2 Å². The number of rotatable bonds is 3. The molecule has 0 aliphatic rings. The van der Waals surface area contributed by atoms with Gasteiger partial charge in [0.2, 0.25) is 0 Å². The molecule has 0 aromatic heterocycles. The van der Waals surface area contributed by atoms with Crippen LogP contribution in [0.2, 0.25) is 0 Å². The molecule has 0 saturated heterocycles. The minimum atomic E-state index is -0.132. The van der Waals surface area contributed by atoms with E-state index in [2.05, 4.69) is 11.9 Å². The Morgan fingerprint density at radius 1 is 1.62 bits per heavy atom. The molecule has 1 aromatic rings. The molecule has 0 spiro atoms. The first kappa shape index (κ1) is 9.32. The van der Waals surface area contributed by atoms with Crippen LogP contribution >= 0.6 is 0 Å². The SMILES string of the molecule is C=CCNC(=O)c1cccc(N)c1. The second-order valence-electron chi connectivity index (χ2n) is 2.62. The van der Waals surface area contributed by atoms with Gasteiger partial charge in [0.25, 0.3) is 5.91 Å². The van der Waals surface area contributed by atoms with E-state index in [0.29, 0.717) is 17.8 Å². The first-order chi connectivity index (χ1) is 6.24. The standard InChI is InChI=1S/C10H12N2O/c1-2-6-12-10(13)8-4-3-5-9(11)7-8/h2-5,7H,1,6,11H2,(H,12,13). The molecule has 0 saturated carbocycles. The number of nitrogens with two attached hydrogens (primary N) is 1. The number of hydrogen-bond acceptors (Lipinski definition) is 2. The number of nitrogens with one attached hydrogen (secondary N) is 1. The van der Waals surface area contributed by atoms with Gasteiger partial charge in [0.05, 0.1) is 0 Å². The highest BCUT2D eigenvalue weighted by molar-refractivity contribution is 5.95. The largest absolute Gasteiger partial charge is 0.399 e. The molecule has 0 aliphatic heterocycles. The van der Waals surface area contributed by atoms with Crippen molar-refractivity contribution in [3.63, 3.8) is 0 Å². The summed E-state index contributed by atoms with van der Waals surface area (Å²) >= 11 is 0. The first-order valence-electron chi connectivity index (χ1n) is 3.98. The lowest BCUT2D eigenvalue weighted by molar-refractivity contribution is 0.0958. The molecular formula is C10H12N2O. The van der Waals surface area contributed by atoms with Gasteiger partial charge in [-0.25, -0.2) is 0 Å². The molecule has 0 aliphatic carbocycles. The van der Waals surface area contributed by atoms with Crippen molar-refractivity contribution in [3.05, 3.63) is 42.5 Å². The molecule has 1 rings (SSSR count). The highest BCUT2D eigenvalue weighted by atomic mass is 16.1. The summed E-state index contributed by atoms with van der Waals surface area (Å²) in [6, 6.07) is 6.84. The van der Waals surface area contributed by atoms with Crippen LogP contribution < -0.4 is 11.1 Å². The van der Waals surface area contributed by atoms with Crippen molar-refractivity contribution in [2.24, 2.45) is 0 Å². The maximum atomic E-state index is 11.3. The fourth-order valence-corrected chi connectivity index (χ4v) is 0.947. The van der Waals surface area contributed by atoms with Gasteiger partial charge in [-0.2, -0.15) is 0 Å². The van der Waals surface area contributed by atoms with E-state index in [1.54, 1.807) is 30.3 Å². The third kappa shape index (κ3) is 2.63. The molecule has 13 heavy (non-hydrogen) atoms. The topological polar surface area (TPSA) is 55.1 Å². The number of anilines is 1. The highest BCUT2D eigenvalue weighted by Crippen LogP contribution is 2.05. The van der Waals surface area contributed by atoms with Crippen LogP contribution in [-0.2, 0) is 0 Å². The van der Waals surface area contributed by atoms with Crippen molar-refractivity contribution in [1.82, 2.24) is 5.32 Å². The zero-order chi connectivity index (χ0) is 9.68. The van der Waals surface area contributed by atoms with Crippen LogP contribution in [0.5, 0.6) is 0 Å². The Hall–Kier alpha value is -1.77. The molecule has 3 heteroatoms. The zero-order valence-corrected chi connectivity index (χ0v) is 7.29. The average Bonchev–Trinajstić information content (AvgIpc) is 2.14. The lowest BCUT2D eigenvalue weighted by atomic mass is 10.2. The van der Waals surface area contributed by atoms with Crippen molar-refractivity contribution in [2.75, 3.05) is 12.3 Å². The van der Waals surface area contributed by atoms with Crippen LogP contribution in [-0.4, -0.2) is 12.5 Å². The fourth-order valence-electron chi connectivity index (χ4n) is 0.947. The highest BCUT2D eigenvalue weighted by Gasteiger charge is 2.02. The van der Waals surface area contributed by atoms with Crippen molar-refractivity contribution >= 4 is 11.6 Å². The normalized spacial score (nSPS) is 9.23. The molecule has 0 bridgehead atoms. The Labute approximate surface area is 77.3 Å². The van der Waals surface area contributed by atoms with Crippen LogP contribution in [0.15, 0.2) is 36.9 Å². The molecule has 3 nitrogen and oxygen atoms in total. The summed E-state index contributed by atoms with van der Waals surface area (Å²) < 4.78 is 0. The van der Waals surface area contributed by atoms with Gasteiger partial charge in [0, 0.05) is 17.8 Å². The summed E-state index contributed by atoms with van der Waals surface area (Å²) in [5.41, 5.74) is 6.69. The molecular weight excluding hydrogens is 164 g/mol. The quantitative estimate of drug-likeness (QED) is 0.536. The minimum absolute atomic E-state index is 0.132. The van der Waals surface area contributed by atoms with Crippen molar-refractivity contribution in [3.8, 4) is 0 Å². The van der Waals surface area contributed by atoms with Crippen LogP contribution in [0, 0.1) is 0 Å². The van der Waals surface area contributed by atoms with Crippen molar-refractivity contribution in [2.45, 2.75) is 0 Å². The van der Waals surface area contributed by atoms with Gasteiger partial charge >= 0.3 is 0 Å². The predicted molar refractivity (Wildman–Crippen MR) is 53.4 cm³/mol. The third-order valence-corrected chi connectivity index (χ3v) is 1.56. The molecule has 0 unspecified atom stereocenters. The van der Waals surface area contributed by atoms with E-state index < -0.39 is 0 Å². The number of carbonyl (C=O) groups excluding carboxylic acids is 1. The lowest BCUT2D eigenvalue weighted by Crippen LogP contribution is -2.23. The van der Waals surface area contributed by atoms with Crippen molar-refractivity contribution < 1.29 is 4.79 Å². The maximum absolute atomic E-state index is 11.3. The minimum Gasteiger partial charge on any atom is -0.399 e. The molecule has 0 radical (unpaired) electrons. The van der Waals surface area contributed by atoms with E-state index in [1.165, 1.54) is 0 Å². The Kier molecular flexibility index (Phi) is 3.09. The fraction of sp³-hybridized carbons (Fsp3) is 0.100. The molecule has 3 N–H and O–H groups in total. The van der Waals surface area contributed by atoms with Gasteiger partial charge in [-0.15, -0.1) is 6.58 Å². The molecule has 68 valence electrons.